The van der Waals surface area contributed by atoms with E-state index in [4.69, 9.17) is 23.1 Å². The molecule has 0 saturated carbocycles. The lowest BCUT2D eigenvalue weighted by Gasteiger charge is -2.17. The molecule has 0 unspecified atom stereocenters. The van der Waals surface area contributed by atoms with Gasteiger partial charge in [0, 0.05) is 5.56 Å². The molecule has 4 rings (SSSR count). The molecule has 1 aromatic heterocycles. The van der Waals surface area contributed by atoms with E-state index in [1.54, 1.807) is 12.1 Å². The summed E-state index contributed by atoms with van der Waals surface area (Å²) in [6.07, 6.45) is 0. The lowest BCUT2D eigenvalue weighted by Crippen LogP contribution is -2.68. The Morgan fingerprint density at radius 1 is 0.533 bits per heavy atom. The van der Waals surface area contributed by atoms with Crippen molar-refractivity contribution in [3.63, 3.8) is 0 Å². The summed E-state index contributed by atoms with van der Waals surface area (Å²) in [6.45, 7) is 0. The molecule has 0 N–H and O–H groups in total. The van der Waals surface area contributed by atoms with Gasteiger partial charge in [-0.25, -0.2) is 27.4 Å². The van der Waals surface area contributed by atoms with Gasteiger partial charge in [-0.3, -0.25) is 0 Å². The maximum atomic E-state index is 13.3. The molecular formula is C23H16ClFO5. The quantitative estimate of drug-likeness (QED) is 0.466. The minimum absolute atomic E-state index is 0.240. The SMILES string of the molecule is Fc1ccc(-c2cc(-c3ccccc3)[o+]c(-c3ccccc3)c2)cc1.[O-][Cl+3]([O-])([O-])[O-]. The van der Waals surface area contributed by atoms with Gasteiger partial charge in [0.2, 0.25) is 0 Å². The van der Waals surface area contributed by atoms with E-state index in [-0.39, 0.29) is 5.82 Å². The topological polar surface area (TPSA) is 104 Å². The molecule has 0 atom stereocenters. The van der Waals surface area contributed by atoms with Gasteiger partial charge in [0.05, 0.1) is 23.3 Å². The van der Waals surface area contributed by atoms with Crippen molar-refractivity contribution in [3.05, 3.63) is 103 Å². The van der Waals surface area contributed by atoms with Crippen molar-refractivity contribution in [2.45, 2.75) is 0 Å². The van der Waals surface area contributed by atoms with E-state index in [0.29, 0.717) is 0 Å². The van der Waals surface area contributed by atoms with Crippen LogP contribution in [-0.2, 0) is 0 Å². The first kappa shape index (κ1) is 21.6. The van der Waals surface area contributed by atoms with Crippen LogP contribution < -0.4 is 18.6 Å². The van der Waals surface area contributed by atoms with Crippen LogP contribution in [0.5, 0.6) is 0 Å². The van der Waals surface area contributed by atoms with Crippen molar-refractivity contribution in [2.75, 3.05) is 0 Å². The maximum absolute atomic E-state index is 13.3. The average Bonchev–Trinajstić information content (AvgIpc) is 2.74. The Balaban J connectivity index is 0.000000461. The van der Waals surface area contributed by atoms with E-state index < -0.39 is 10.2 Å². The number of hydrogen-bond acceptors (Lipinski definition) is 4. The molecule has 0 aliphatic carbocycles. The molecule has 0 spiro atoms. The summed E-state index contributed by atoms with van der Waals surface area (Å²) in [5.74, 6) is 1.32. The molecule has 0 aliphatic rings. The van der Waals surface area contributed by atoms with E-state index in [2.05, 4.69) is 0 Å². The van der Waals surface area contributed by atoms with Crippen LogP contribution in [0.1, 0.15) is 0 Å². The normalized spacial score (nSPS) is 10.8. The molecule has 0 radical (unpaired) electrons. The van der Waals surface area contributed by atoms with Crippen molar-refractivity contribution in [1.29, 1.82) is 0 Å². The zero-order valence-electron chi connectivity index (χ0n) is 15.5. The van der Waals surface area contributed by atoms with Crippen LogP contribution in [-0.4, -0.2) is 0 Å². The molecule has 30 heavy (non-hydrogen) atoms. The Morgan fingerprint density at radius 3 is 1.33 bits per heavy atom. The van der Waals surface area contributed by atoms with Crippen molar-refractivity contribution in [3.8, 4) is 33.8 Å². The molecule has 0 fully saturated rings. The second-order valence-corrected chi connectivity index (χ2v) is 6.95. The van der Waals surface area contributed by atoms with Crippen molar-refractivity contribution in [1.82, 2.24) is 0 Å². The molecule has 0 aliphatic heterocycles. The molecular weight excluding hydrogens is 411 g/mol. The molecule has 3 aromatic carbocycles. The standard InChI is InChI=1S/C23H16FO.ClHO4/c24-21-13-11-17(12-14-21)20-15-22(18-7-3-1-4-8-18)25-23(16-20)19-9-5-2-6-10-19;2-1(3,4)5/h1-16H;(H,2,3,4,5)/q+1;/p-1. The Kier molecular flexibility index (Phi) is 6.89. The molecule has 0 saturated heterocycles. The molecule has 0 amide bonds. The zero-order valence-corrected chi connectivity index (χ0v) is 16.3. The van der Waals surface area contributed by atoms with Gasteiger partial charge in [-0.15, -0.1) is 10.2 Å². The number of rotatable bonds is 3. The van der Waals surface area contributed by atoms with Gasteiger partial charge >= 0.3 is 11.5 Å². The Bertz CT molecular complexity index is 1020. The first-order valence-corrected chi connectivity index (χ1v) is 10.00. The van der Waals surface area contributed by atoms with E-state index in [1.807, 2.05) is 72.8 Å². The lowest BCUT2D eigenvalue weighted by molar-refractivity contribution is -2.00. The number of benzene rings is 3. The van der Waals surface area contributed by atoms with Gasteiger partial charge in [-0.05, 0) is 42.0 Å². The van der Waals surface area contributed by atoms with Gasteiger partial charge in [0.1, 0.15) is 5.82 Å². The van der Waals surface area contributed by atoms with E-state index in [0.717, 1.165) is 33.8 Å². The molecule has 5 nitrogen and oxygen atoms in total. The first-order valence-electron chi connectivity index (χ1n) is 8.76. The molecule has 152 valence electrons. The third kappa shape index (κ3) is 6.45. The average molecular weight is 427 g/mol. The van der Waals surface area contributed by atoms with Gasteiger partial charge in [0.15, 0.2) is 0 Å². The Labute approximate surface area is 174 Å². The van der Waals surface area contributed by atoms with E-state index in [1.165, 1.54) is 12.1 Å². The monoisotopic (exact) mass is 426 g/mol. The van der Waals surface area contributed by atoms with Crippen LogP contribution in [0.25, 0.3) is 33.8 Å². The van der Waals surface area contributed by atoms with Gasteiger partial charge in [-0.1, -0.05) is 48.5 Å². The van der Waals surface area contributed by atoms with Crippen LogP contribution in [0.15, 0.2) is 101 Å². The Morgan fingerprint density at radius 2 is 0.933 bits per heavy atom. The van der Waals surface area contributed by atoms with Crippen LogP contribution in [0, 0.1) is 16.1 Å². The highest BCUT2D eigenvalue weighted by molar-refractivity contribution is 5.74. The summed E-state index contributed by atoms with van der Waals surface area (Å²) in [6, 6.07) is 30.5. The minimum Gasteiger partial charge on any atom is -0.222 e. The number of hydrogen-bond donors (Lipinski definition) is 0. The summed E-state index contributed by atoms with van der Waals surface area (Å²) in [7, 11) is -4.94. The molecule has 0 bridgehead atoms. The fourth-order valence-electron chi connectivity index (χ4n) is 2.80. The summed E-state index contributed by atoms with van der Waals surface area (Å²) in [4.78, 5) is 0. The van der Waals surface area contributed by atoms with Crippen LogP contribution >= 0.6 is 0 Å². The fourth-order valence-corrected chi connectivity index (χ4v) is 2.80. The third-order valence-corrected chi connectivity index (χ3v) is 4.09. The maximum Gasteiger partial charge on any atom is 0.361 e. The van der Waals surface area contributed by atoms with Gasteiger partial charge < -0.3 is 0 Å². The van der Waals surface area contributed by atoms with Gasteiger partial charge in [-0.2, -0.15) is 0 Å². The van der Waals surface area contributed by atoms with Gasteiger partial charge in [0.25, 0.3) is 0 Å². The fraction of sp³-hybridized carbons (Fsp3) is 0. The molecule has 1 heterocycles. The van der Waals surface area contributed by atoms with E-state index in [9.17, 15) is 4.39 Å². The third-order valence-electron chi connectivity index (χ3n) is 4.09. The van der Waals surface area contributed by atoms with E-state index >= 15 is 0 Å². The predicted octanol–water partition coefficient (Wildman–Crippen LogP) is 1.94. The summed E-state index contributed by atoms with van der Waals surface area (Å²) < 4.78 is 53.4. The highest BCUT2D eigenvalue weighted by atomic mass is 35.7. The van der Waals surface area contributed by atoms with Crippen LogP contribution in [0.3, 0.4) is 0 Å². The largest absolute Gasteiger partial charge is 0.361 e. The summed E-state index contributed by atoms with van der Waals surface area (Å²) in [5.41, 5.74) is 3.95. The second-order valence-electron chi connectivity index (χ2n) is 6.19. The smallest absolute Gasteiger partial charge is 0.222 e. The highest BCUT2D eigenvalue weighted by Gasteiger charge is 2.20. The summed E-state index contributed by atoms with van der Waals surface area (Å²) in [5, 5.41) is 0. The van der Waals surface area contributed by atoms with Crippen LogP contribution in [0.2, 0.25) is 0 Å². The molecule has 4 aromatic rings. The predicted molar refractivity (Wildman–Crippen MR) is 99.4 cm³/mol. The highest BCUT2D eigenvalue weighted by Crippen LogP contribution is 2.32. The van der Waals surface area contributed by atoms with Crippen molar-refractivity contribution >= 4 is 0 Å². The first-order chi connectivity index (χ1) is 14.3. The molecule has 7 heteroatoms. The Hall–Kier alpha value is -3.13. The van der Waals surface area contributed by atoms with Crippen molar-refractivity contribution < 1.29 is 37.7 Å². The minimum atomic E-state index is -4.94. The lowest BCUT2D eigenvalue weighted by atomic mass is 10.0. The second kappa shape index (κ2) is 9.58. The summed E-state index contributed by atoms with van der Waals surface area (Å²) >= 11 is 0. The van der Waals surface area contributed by atoms with Crippen molar-refractivity contribution in [2.24, 2.45) is 0 Å². The zero-order chi connectivity index (χ0) is 21.6. The van der Waals surface area contributed by atoms with Crippen LogP contribution in [0.4, 0.5) is 4.39 Å². The number of halogens is 2.